The Morgan fingerprint density at radius 3 is 2.15 bits per heavy atom. The van der Waals surface area contributed by atoms with Gasteiger partial charge in [-0.15, -0.1) is 0 Å². The summed E-state index contributed by atoms with van der Waals surface area (Å²) < 4.78 is 5.17. The maximum absolute atomic E-state index is 5.77. The molecule has 1 aromatic carbocycles. The average molecular weight is 241 g/mol. The normalized spacial score (nSPS) is 12.6. The van der Waals surface area contributed by atoms with Gasteiger partial charge >= 0.3 is 0 Å². The molecule has 0 heterocycles. The second-order valence-electron chi connectivity index (χ2n) is 2.46. The van der Waals surface area contributed by atoms with Gasteiger partial charge in [0, 0.05) is 12.1 Å². The SMILES string of the molecule is CC(Cl)Oc1cc(Cl)c(N)c(Cl)c1. The van der Waals surface area contributed by atoms with Crippen molar-refractivity contribution >= 4 is 40.5 Å². The van der Waals surface area contributed by atoms with Crippen LogP contribution < -0.4 is 10.5 Å². The lowest BCUT2D eigenvalue weighted by Crippen LogP contribution is -2.02. The summed E-state index contributed by atoms with van der Waals surface area (Å²) >= 11 is 17.2. The fourth-order valence-corrected chi connectivity index (χ4v) is 1.39. The minimum atomic E-state index is -0.434. The Hall–Kier alpha value is -0.310. The van der Waals surface area contributed by atoms with Crippen LogP contribution in [0.3, 0.4) is 0 Å². The van der Waals surface area contributed by atoms with Crippen molar-refractivity contribution in [2.45, 2.75) is 12.5 Å². The van der Waals surface area contributed by atoms with E-state index in [2.05, 4.69) is 0 Å². The minimum Gasteiger partial charge on any atom is -0.475 e. The highest BCUT2D eigenvalue weighted by atomic mass is 35.5. The summed E-state index contributed by atoms with van der Waals surface area (Å²) in [5, 5.41) is 0.722. The zero-order valence-electron chi connectivity index (χ0n) is 6.85. The van der Waals surface area contributed by atoms with Crippen LogP contribution in [0.1, 0.15) is 6.92 Å². The number of alkyl halides is 1. The number of rotatable bonds is 2. The fourth-order valence-electron chi connectivity index (χ4n) is 0.817. The second kappa shape index (κ2) is 4.27. The van der Waals surface area contributed by atoms with Gasteiger partial charge in [0.25, 0.3) is 0 Å². The zero-order chi connectivity index (χ0) is 10.0. The molecule has 1 rings (SSSR count). The van der Waals surface area contributed by atoms with E-state index in [1.54, 1.807) is 19.1 Å². The van der Waals surface area contributed by atoms with E-state index in [0.717, 1.165) is 0 Å². The highest BCUT2D eigenvalue weighted by molar-refractivity contribution is 6.39. The van der Waals surface area contributed by atoms with Crippen LogP contribution in [0.4, 0.5) is 5.69 Å². The Morgan fingerprint density at radius 2 is 1.77 bits per heavy atom. The van der Waals surface area contributed by atoms with Gasteiger partial charge < -0.3 is 10.5 Å². The Bertz CT molecular complexity index is 291. The first-order valence-electron chi connectivity index (χ1n) is 3.56. The molecule has 0 amide bonds. The van der Waals surface area contributed by atoms with Crippen molar-refractivity contribution in [1.82, 2.24) is 0 Å². The van der Waals surface area contributed by atoms with Crippen LogP contribution in [0.2, 0.25) is 10.0 Å². The number of hydrogen-bond donors (Lipinski definition) is 1. The van der Waals surface area contributed by atoms with Gasteiger partial charge in [0.05, 0.1) is 15.7 Å². The smallest absolute Gasteiger partial charge is 0.169 e. The monoisotopic (exact) mass is 239 g/mol. The van der Waals surface area contributed by atoms with Crippen molar-refractivity contribution in [3.05, 3.63) is 22.2 Å². The molecule has 0 bridgehead atoms. The van der Waals surface area contributed by atoms with E-state index in [0.29, 0.717) is 21.5 Å². The number of benzene rings is 1. The van der Waals surface area contributed by atoms with E-state index in [-0.39, 0.29) is 0 Å². The van der Waals surface area contributed by atoms with Gasteiger partial charge in [-0.3, -0.25) is 0 Å². The number of hydrogen-bond acceptors (Lipinski definition) is 2. The quantitative estimate of drug-likeness (QED) is 0.634. The van der Waals surface area contributed by atoms with E-state index in [1.165, 1.54) is 0 Å². The van der Waals surface area contributed by atoms with E-state index < -0.39 is 5.56 Å². The minimum absolute atomic E-state index is 0.345. The molecule has 1 aromatic rings. The van der Waals surface area contributed by atoms with Gasteiger partial charge in [-0.25, -0.2) is 0 Å². The van der Waals surface area contributed by atoms with Gasteiger partial charge in [-0.05, 0) is 6.92 Å². The summed E-state index contributed by atoms with van der Waals surface area (Å²) in [5.74, 6) is 0.506. The van der Waals surface area contributed by atoms with E-state index in [1.807, 2.05) is 0 Å². The van der Waals surface area contributed by atoms with Crippen LogP contribution in [-0.2, 0) is 0 Å². The molecule has 13 heavy (non-hydrogen) atoms. The Kier molecular flexibility index (Phi) is 3.54. The van der Waals surface area contributed by atoms with Crippen LogP contribution in [0.15, 0.2) is 12.1 Å². The molecule has 0 fully saturated rings. The van der Waals surface area contributed by atoms with Crippen LogP contribution in [0, 0.1) is 0 Å². The van der Waals surface area contributed by atoms with Gasteiger partial charge in [-0.1, -0.05) is 34.8 Å². The topological polar surface area (TPSA) is 35.2 Å². The van der Waals surface area contributed by atoms with Crippen molar-refractivity contribution in [2.75, 3.05) is 5.73 Å². The molecule has 0 aliphatic heterocycles. The third-order valence-corrected chi connectivity index (χ3v) is 2.07. The Balaban J connectivity index is 2.99. The standard InChI is InChI=1S/C8H8Cl3NO/c1-4(9)13-5-2-6(10)8(12)7(11)3-5/h2-4H,12H2,1H3. The van der Waals surface area contributed by atoms with Gasteiger partial charge in [0.2, 0.25) is 0 Å². The number of nitrogens with two attached hydrogens (primary N) is 1. The van der Waals surface area contributed by atoms with Crippen LogP contribution >= 0.6 is 34.8 Å². The first-order valence-corrected chi connectivity index (χ1v) is 4.75. The first-order chi connectivity index (χ1) is 6.00. The summed E-state index contributed by atoms with van der Waals surface area (Å²) in [6, 6.07) is 3.14. The molecule has 0 spiro atoms. The Labute approximate surface area is 91.5 Å². The highest BCUT2D eigenvalue weighted by Crippen LogP contribution is 2.32. The summed E-state index contributed by atoms with van der Waals surface area (Å²) in [6.45, 7) is 1.69. The van der Waals surface area contributed by atoms with Crippen molar-refractivity contribution in [1.29, 1.82) is 0 Å². The van der Waals surface area contributed by atoms with Gasteiger partial charge in [0.15, 0.2) is 5.56 Å². The van der Waals surface area contributed by atoms with Crippen LogP contribution in [0.5, 0.6) is 5.75 Å². The Morgan fingerprint density at radius 1 is 1.31 bits per heavy atom. The molecule has 2 nitrogen and oxygen atoms in total. The predicted molar refractivity (Wildman–Crippen MR) is 56.8 cm³/mol. The summed E-state index contributed by atoms with van der Waals surface area (Å²) in [7, 11) is 0. The number of nitrogen functional groups attached to an aromatic ring is 1. The fraction of sp³-hybridized carbons (Fsp3) is 0.250. The molecule has 0 saturated heterocycles. The van der Waals surface area contributed by atoms with Gasteiger partial charge in [0.1, 0.15) is 5.75 Å². The third-order valence-electron chi connectivity index (χ3n) is 1.35. The molecule has 72 valence electrons. The molecule has 1 unspecified atom stereocenters. The molecule has 0 aromatic heterocycles. The lowest BCUT2D eigenvalue weighted by molar-refractivity contribution is 0.301. The molecule has 0 aliphatic rings. The lowest BCUT2D eigenvalue weighted by atomic mass is 10.3. The van der Waals surface area contributed by atoms with Crippen molar-refractivity contribution in [3.63, 3.8) is 0 Å². The molecular formula is C8H8Cl3NO. The predicted octanol–water partition coefficient (Wildman–Crippen LogP) is 3.54. The van der Waals surface area contributed by atoms with Crippen LogP contribution in [-0.4, -0.2) is 5.56 Å². The highest BCUT2D eigenvalue weighted by Gasteiger charge is 2.06. The lowest BCUT2D eigenvalue weighted by Gasteiger charge is -2.09. The number of halogens is 3. The molecule has 0 aliphatic carbocycles. The maximum atomic E-state index is 5.77. The summed E-state index contributed by atoms with van der Waals surface area (Å²) in [4.78, 5) is 0. The van der Waals surface area contributed by atoms with Crippen LogP contribution in [0.25, 0.3) is 0 Å². The zero-order valence-corrected chi connectivity index (χ0v) is 9.12. The number of anilines is 1. The summed E-state index contributed by atoms with van der Waals surface area (Å²) in [5.41, 5.74) is 5.44. The first kappa shape index (κ1) is 10.8. The van der Waals surface area contributed by atoms with E-state index in [4.69, 9.17) is 45.3 Å². The molecular weight excluding hydrogens is 232 g/mol. The van der Waals surface area contributed by atoms with E-state index in [9.17, 15) is 0 Å². The van der Waals surface area contributed by atoms with Gasteiger partial charge in [-0.2, -0.15) is 0 Å². The molecule has 5 heteroatoms. The molecule has 1 atom stereocenters. The van der Waals surface area contributed by atoms with Crippen molar-refractivity contribution in [2.24, 2.45) is 0 Å². The molecule has 2 N–H and O–H groups in total. The third kappa shape index (κ3) is 2.83. The van der Waals surface area contributed by atoms with E-state index >= 15 is 0 Å². The van der Waals surface area contributed by atoms with Crippen molar-refractivity contribution < 1.29 is 4.74 Å². The maximum Gasteiger partial charge on any atom is 0.169 e. The summed E-state index contributed by atoms with van der Waals surface area (Å²) in [6.07, 6.45) is 0. The molecule has 0 radical (unpaired) electrons. The molecule has 0 saturated carbocycles. The second-order valence-corrected chi connectivity index (χ2v) is 3.89. The largest absolute Gasteiger partial charge is 0.475 e. The number of ether oxygens (including phenoxy) is 1. The van der Waals surface area contributed by atoms with Crippen molar-refractivity contribution in [3.8, 4) is 5.75 Å². The average Bonchev–Trinajstić information content (AvgIpc) is 1.98.